The fraction of sp³-hybridized carbons (Fsp3) is 0.316. The molecule has 0 radical (unpaired) electrons. The normalized spacial score (nSPS) is 16.0. The predicted octanol–water partition coefficient (Wildman–Crippen LogP) is 4.19. The van der Waals surface area contributed by atoms with Gasteiger partial charge in [0.2, 0.25) is 0 Å². The molecule has 1 fully saturated rings. The molecule has 1 N–H and O–H groups in total. The molecule has 0 unspecified atom stereocenters. The Hall–Kier alpha value is -1.85. The molecule has 0 spiro atoms. The van der Waals surface area contributed by atoms with Crippen LogP contribution in [0.5, 0.6) is 5.75 Å². The van der Waals surface area contributed by atoms with Crippen LogP contribution in [0.3, 0.4) is 0 Å². The monoisotopic (exact) mass is 389 g/mol. The summed E-state index contributed by atoms with van der Waals surface area (Å²) in [4.78, 5) is 13.3. The summed E-state index contributed by atoms with van der Waals surface area (Å²) in [5.41, 5.74) is 1.48. The smallest absolute Gasteiger partial charge is 0.335 e. The van der Waals surface area contributed by atoms with Crippen LogP contribution >= 0.6 is 15.9 Å². The van der Waals surface area contributed by atoms with Crippen molar-refractivity contribution in [1.82, 2.24) is 4.90 Å². The van der Waals surface area contributed by atoms with E-state index in [2.05, 4.69) is 20.8 Å². The zero-order valence-electron chi connectivity index (χ0n) is 13.3. The van der Waals surface area contributed by atoms with Crippen LogP contribution < -0.4 is 4.74 Å². The summed E-state index contributed by atoms with van der Waals surface area (Å²) >= 11 is 3.46. The molecule has 0 bridgehead atoms. The van der Waals surface area contributed by atoms with Crippen molar-refractivity contribution in [2.45, 2.75) is 25.5 Å². The van der Waals surface area contributed by atoms with E-state index in [4.69, 9.17) is 9.84 Å². The molecule has 2 aromatic rings. The number of hydrogen-bond donors (Lipinski definition) is 1. The molecule has 0 atom stereocenters. The molecule has 1 aliphatic rings. The van der Waals surface area contributed by atoms with Crippen molar-refractivity contribution in [2.24, 2.45) is 0 Å². The van der Waals surface area contributed by atoms with Crippen LogP contribution in [0.15, 0.2) is 53.0 Å². The molecule has 0 saturated carbocycles. The molecule has 5 heteroatoms. The molecular formula is C19H20BrNO3. The number of carboxylic acids is 1. The average molecular weight is 390 g/mol. The largest absolute Gasteiger partial charge is 0.490 e. The van der Waals surface area contributed by atoms with Crippen molar-refractivity contribution in [1.29, 1.82) is 0 Å². The molecule has 0 aromatic heterocycles. The van der Waals surface area contributed by atoms with Gasteiger partial charge in [-0.05, 0) is 48.7 Å². The van der Waals surface area contributed by atoms with Crippen LogP contribution in [0.1, 0.15) is 28.8 Å². The van der Waals surface area contributed by atoms with Gasteiger partial charge >= 0.3 is 5.97 Å². The van der Waals surface area contributed by atoms with Crippen LogP contribution in [0.25, 0.3) is 0 Å². The van der Waals surface area contributed by atoms with Crippen molar-refractivity contribution < 1.29 is 14.6 Å². The molecule has 0 amide bonds. The van der Waals surface area contributed by atoms with Gasteiger partial charge in [0, 0.05) is 24.1 Å². The van der Waals surface area contributed by atoms with Gasteiger partial charge in [0.25, 0.3) is 0 Å². The first-order chi connectivity index (χ1) is 11.6. The Labute approximate surface area is 150 Å². The van der Waals surface area contributed by atoms with E-state index in [1.807, 2.05) is 36.4 Å². The second-order valence-electron chi connectivity index (χ2n) is 6.05. The summed E-state index contributed by atoms with van der Waals surface area (Å²) in [6.45, 7) is 2.82. The van der Waals surface area contributed by atoms with Crippen LogP contribution in [0, 0.1) is 0 Å². The van der Waals surface area contributed by atoms with Gasteiger partial charge in [0.1, 0.15) is 11.9 Å². The predicted molar refractivity (Wildman–Crippen MR) is 96.5 cm³/mol. The van der Waals surface area contributed by atoms with E-state index in [1.54, 1.807) is 12.1 Å². The molecule has 3 rings (SSSR count). The number of nitrogens with zero attached hydrogens (tertiary/aromatic N) is 1. The number of likely N-dealkylation sites (tertiary alicyclic amines) is 1. The Morgan fingerprint density at radius 1 is 1.17 bits per heavy atom. The summed E-state index contributed by atoms with van der Waals surface area (Å²) in [6.07, 6.45) is 2.25. The first kappa shape index (κ1) is 17.0. The van der Waals surface area contributed by atoms with Crippen LogP contribution in [-0.4, -0.2) is 35.2 Å². The summed E-state index contributed by atoms with van der Waals surface area (Å²) in [7, 11) is 0. The molecule has 0 aliphatic carbocycles. The zero-order valence-corrected chi connectivity index (χ0v) is 14.9. The van der Waals surface area contributed by atoms with E-state index in [-0.39, 0.29) is 6.10 Å². The minimum atomic E-state index is -0.882. The van der Waals surface area contributed by atoms with Gasteiger partial charge in [0.15, 0.2) is 0 Å². The van der Waals surface area contributed by atoms with E-state index < -0.39 is 5.97 Å². The number of piperidine rings is 1. The molecule has 2 aromatic carbocycles. The third-order valence-electron chi connectivity index (χ3n) is 4.24. The molecule has 24 heavy (non-hydrogen) atoms. The number of ether oxygens (including phenoxy) is 1. The second kappa shape index (κ2) is 7.81. The van der Waals surface area contributed by atoms with Gasteiger partial charge in [-0.1, -0.05) is 34.1 Å². The lowest BCUT2D eigenvalue weighted by Gasteiger charge is -2.32. The van der Waals surface area contributed by atoms with E-state index in [0.717, 1.165) is 48.3 Å². The standard InChI is InChI=1S/C19H20BrNO3/c20-16-2-1-3-18(12-16)24-17-8-10-21(11-9-17)13-14-4-6-15(7-5-14)19(22)23/h1-7,12,17H,8-11,13H2,(H,22,23). The topological polar surface area (TPSA) is 49.8 Å². The van der Waals surface area contributed by atoms with Gasteiger partial charge < -0.3 is 9.84 Å². The summed E-state index contributed by atoms with van der Waals surface area (Å²) in [5.74, 6) is 0.0270. The second-order valence-corrected chi connectivity index (χ2v) is 6.97. The van der Waals surface area contributed by atoms with Gasteiger partial charge in [-0.15, -0.1) is 0 Å². The Balaban J connectivity index is 1.49. The highest BCUT2D eigenvalue weighted by molar-refractivity contribution is 9.10. The Bertz CT molecular complexity index is 694. The van der Waals surface area contributed by atoms with Crippen molar-refractivity contribution in [2.75, 3.05) is 13.1 Å². The highest BCUT2D eigenvalue weighted by atomic mass is 79.9. The maximum atomic E-state index is 10.9. The minimum Gasteiger partial charge on any atom is -0.490 e. The third kappa shape index (κ3) is 4.58. The number of benzene rings is 2. The Kier molecular flexibility index (Phi) is 5.53. The Morgan fingerprint density at radius 3 is 2.50 bits per heavy atom. The lowest BCUT2D eigenvalue weighted by atomic mass is 10.1. The number of carbonyl (C=O) groups is 1. The van der Waals surface area contributed by atoms with Crippen LogP contribution in [-0.2, 0) is 6.54 Å². The summed E-state index contributed by atoms with van der Waals surface area (Å²) in [6, 6.07) is 15.1. The highest BCUT2D eigenvalue weighted by Crippen LogP contribution is 2.23. The van der Waals surface area contributed by atoms with Crippen LogP contribution in [0.4, 0.5) is 0 Å². The fourth-order valence-corrected chi connectivity index (χ4v) is 3.31. The molecule has 1 saturated heterocycles. The number of halogens is 1. The van der Waals surface area contributed by atoms with E-state index in [9.17, 15) is 4.79 Å². The first-order valence-electron chi connectivity index (χ1n) is 8.07. The first-order valence-corrected chi connectivity index (χ1v) is 8.86. The van der Waals surface area contributed by atoms with E-state index in [1.165, 1.54) is 0 Å². The molecule has 126 valence electrons. The van der Waals surface area contributed by atoms with Crippen molar-refractivity contribution >= 4 is 21.9 Å². The lowest BCUT2D eigenvalue weighted by Crippen LogP contribution is -2.37. The third-order valence-corrected chi connectivity index (χ3v) is 4.73. The van der Waals surface area contributed by atoms with Gasteiger partial charge in [-0.3, -0.25) is 4.90 Å². The molecular weight excluding hydrogens is 370 g/mol. The minimum absolute atomic E-state index is 0.255. The molecule has 1 heterocycles. The Morgan fingerprint density at radius 2 is 1.88 bits per heavy atom. The fourth-order valence-electron chi connectivity index (χ4n) is 2.93. The SMILES string of the molecule is O=C(O)c1ccc(CN2CCC(Oc3cccc(Br)c3)CC2)cc1. The van der Waals surface area contributed by atoms with Crippen molar-refractivity contribution in [3.63, 3.8) is 0 Å². The van der Waals surface area contributed by atoms with Gasteiger partial charge in [-0.25, -0.2) is 4.79 Å². The maximum Gasteiger partial charge on any atom is 0.335 e. The lowest BCUT2D eigenvalue weighted by molar-refractivity contribution is 0.0696. The molecule has 4 nitrogen and oxygen atoms in total. The highest BCUT2D eigenvalue weighted by Gasteiger charge is 2.20. The van der Waals surface area contributed by atoms with Gasteiger partial charge in [0.05, 0.1) is 5.56 Å². The number of hydrogen-bond acceptors (Lipinski definition) is 3. The number of carboxylic acid groups (broad SMARTS) is 1. The van der Waals surface area contributed by atoms with E-state index in [0.29, 0.717) is 5.56 Å². The summed E-state index contributed by atoms with van der Waals surface area (Å²) in [5, 5.41) is 8.94. The summed E-state index contributed by atoms with van der Waals surface area (Å²) < 4.78 is 7.08. The zero-order chi connectivity index (χ0) is 16.9. The average Bonchev–Trinajstić information content (AvgIpc) is 2.57. The van der Waals surface area contributed by atoms with Crippen LogP contribution in [0.2, 0.25) is 0 Å². The number of rotatable bonds is 5. The number of aromatic carboxylic acids is 1. The molecule has 1 aliphatic heterocycles. The van der Waals surface area contributed by atoms with Gasteiger partial charge in [-0.2, -0.15) is 0 Å². The van der Waals surface area contributed by atoms with E-state index >= 15 is 0 Å². The van der Waals surface area contributed by atoms with Crippen molar-refractivity contribution in [3.05, 3.63) is 64.1 Å². The quantitative estimate of drug-likeness (QED) is 0.832. The van der Waals surface area contributed by atoms with Crippen molar-refractivity contribution in [3.8, 4) is 5.75 Å². The maximum absolute atomic E-state index is 10.9.